The molecule has 2 aromatic rings. The fourth-order valence-corrected chi connectivity index (χ4v) is 2.33. The third-order valence-electron chi connectivity index (χ3n) is 3.06. The molecule has 9 heteroatoms. The lowest BCUT2D eigenvalue weighted by molar-refractivity contribution is -0.385. The average molecular weight is 421 g/mol. The molecule has 0 atom stereocenters. The number of aromatic nitrogens is 1. The summed E-state index contributed by atoms with van der Waals surface area (Å²) in [4.78, 5) is 14.0. The van der Waals surface area contributed by atoms with E-state index in [1.165, 1.54) is 12.1 Å². The van der Waals surface area contributed by atoms with Crippen molar-refractivity contribution in [2.24, 2.45) is 5.10 Å². The molecule has 0 radical (unpaired) electrons. The van der Waals surface area contributed by atoms with Crippen molar-refractivity contribution in [3.8, 4) is 11.5 Å². The van der Waals surface area contributed by atoms with Crippen LogP contribution in [0.15, 0.2) is 52.7 Å². The highest BCUT2D eigenvalue weighted by Gasteiger charge is 2.10. The van der Waals surface area contributed by atoms with Gasteiger partial charge >= 0.3 is 0 Å². The molecule has 0 aliphatic carbocycles. The average Bonchev–Trinajstić information content (AvgIpc) is 2.63. The Balaban J connectivity index is 2.14. The van der Waals surface area contributed by atoms with E-state index < -0.39 is 4.92 Å². The van der Waals surface area contributed by atoms with Gasteiger partial charge in [-0.2, -0.15) is 5.10 Å². The first-order valence-corrected chi connectivity index (χ1v) is 8.44. The van der Waals surface area contributed by atoms with E-state index in [1.807, 2.05) is 6.92 Å². The molecular weight excluding hydrogens is 404 g/mol. The molecule has 136 valence electrons. The van der Waals surface area contributed by atoms with E-state index >= 15 is 0 Å². The van der Waals surface area contributed by atoms with Crippen LogP contribution in [0.25, 0.3) is 0 Å². The quantitative estimate of drug-likeness (QED) is 0.283. The predicted octanol–water partition coefficient (Wildman–Crippen LogP) is 4.16. The summed E-state index contributed by atoms with van der Waals surface area (Å²) in [7, 11) is 0. The summed E-state index contributed by atoms with van der Waals surface area (Å²) in [6.45, 7) is 6.37. The van der Waals surface area contributed by atoms with Crippen LogP contribution in [0.2, 0.25) is 0 Å². The normalized spacial score (nSPS) is 10.5. The van der Waals surface area contributed by atoms with E-state index in [0.717, 1.165) is 16.2 Å². The molecule has 0 spiro atoms. The Kier molecular flexibility index (Phi) is 7.10. The molecule has 0 saturated heterocycles. The SMILES string of the molecule is C=CCOc1cc(Br)c(/C=N/Nc2ccc([N+](=O)[O-])cn2)cc1OCC. The number of hydrazone groups is 1. The van der Waals surface area contributed by atoms with Gasteiger partial charge in [0.25, 0.3) is 5.69 Å². The van der Waals surface area contributed by atoms with E-state index in [2.05, 4.69) is 38.0 Å². The minimum absolute atomic E-state index is 0.0845. The van der Waals surface area contributed by atoms with Crippen LogP contribution in [-0.2, 0) is 0 Å². The van der Waals surface area contributed by atoms with Crippen LogP contribution in [0.4, 0.5) is 11.5 Å². The van der Waals surface area contributed by atoms with Crippen molar-refractivity contribution in [3.63, 3.8) is 0 Å². The summed E-state index contributed by atoms with van der Waals surface area (Å²) in [5.41, 5.74) is 3.39. The number of halogens is 1. The molecule has 0 aliphatic rings. The summed E-state index contributed by atoms with van der Waals surface area (Å²) >= 11 is 3.47. The number of nitrogens with one attached hydrogen (secondary N) is 1. The first-order chi connectivity index (χ1) is 12.5. The van der Waals surface area contributed by atoms with Gasteiger partial charge in [0.1, 0.15) is 18.6 Å². The molecule has 1 aromatic carbocycles. The van der Waals surface area contributed by atoms with Crippen molar-refractivity contribution in [2.75, 3.05) is 18.6 Å². The number of pyridine rings is 1. The van der Waals surface area contributed by atoms with E-state index in [0.29, 0.717) is 30.5 Å². The van der Waals surface area contributed by atoms with E-state index in [1.54, 1.807) is 24.4 Å². The second-order valence-electron chi connectivity index (χ2n) is 4.88. The van der Waals surface area contributed by atoms with Crippen molar-refractivity contribution in [3.05, 3.63) is 63.3 Å². The summed E-state index contributed by atoms with van der Waals surface area (Å²) in [6, 6.07) is 6.41. The Morgan fingerprint density at radius 1 is 1.38 bits per heavy atom. The Hall–Kier alpha value is -2.94. The monoisotopic (exact) mass is 420 g/mol. The van der Waals surface area contributed by atoms with E-state index in [4.69, 9.17) is 9.47 Å². The van der Waals surface area contributed by atoms with Crippen LogP contribution >= 0.6 is 15.9 Å². The number of nitro groups is 1. The van der Waals surface area contributed by atoms with Gasteiger partial charge in [-0.05, 0) is 41.1 Å². The molecule has 1 N–H and O–H groups in total. The third-order valence-corrected chi connectivity index (χ3v) is 3.75. The third kappa shape index (κ3) is 5.28. The van der Waals surface area contributed by atoms with E-state index in [-0.39, 0.29) is 5.69 Å². The molecule has 0 aliphatic heterocycles. The lowest BCUT2D eigenvalue weighted by Crippen LogP contribution is -2.01. The molecule has 8 nitrogen and oxygen atoms in total. The second-order valence-corrected chi connectivity index (χ2v) is 5.74. The largest absolute Gasteiger partial charge is 0.490 e. The van der Waals surface area contributed by atoms with Crippen LogP contribution in [0.1, 0.15) is 12.5 Å². The number of anilines is 1. The van der Waals surface area contributed by atoms with Crippen LogP contribution < -0.4 is 14.9 Å². The molecule has 1 heterocycles. The maximum atomic E-state index is 10.6. The van der Waals surface area contributed by atoms with Crippen molar-refractivity contribution in [1.29, 1.82) is 0 Å². The highest BCUT2D eigenvalue weighted by atomic mass is 79.9. The van der Waals surface area contributed by atoms with Gasteiger partial charge in [0.2, 0.25) is 0 Å². The first-order valence-electron chi connectivity index (χ1n) is 7.64. The molecular formula is C17H17BrN4O4. The van der Waals surface area contributed by atoms with Gasteiger partial charge < -0.3 is 9.47 Å². The first kappa shape index (κ1) is 19.4. The smallest absolute Gasteiger partial charge is 0.287 e. The van der Waals surface area contributed by atoms with Crippen molar-refractivity contribution in [1.82, 2.24) is 4.98 Å². The minimum atomic E-state index is -0.511. The maximum absolute atomic E-state index is 10.6. The molecule has 0 bridgehead atoms. The topological polar surface area (TPSA) is 98.9 Å². The zero-order valence-electron chi connectivity index (χ0n) is 14.0. The lowest BCUT2D eigenvalue weighted by atomic mass is 10.2. The Morgan fingerprint density at radius 2 is 2.15 bits per heavy atom. The molecule has 0 amide bonds. The predicted molar refractivity (Wildman–Crippen MR) is 103 cm³/mol. The van der Waals surface area contributed by atoms with Crippen LogP contribution in [0.5, 0.6) is 11.5 Å². The van der Waals surface area contributed by atoms with Gasteiger partial charge in [0.05, 0.1) is 17.7 Å². The highest BCUT2D eigenvalue weighted by molar-refractivity contribution is 9.10. The Labute approximate surface area is 158 Å². The maximum Gasteiger partial charge on any atom is 0.287 e. The van der Waals surface area contributed by atoms with Crippen molar-refractivity contribution >= 4 is 33.6 Å². The fraction of sp³-hybridized carbons (Fsp3) is 0.176. The molecule has 2 rings (SSSR count). The van der Waals surface area contributed by atoms with Crippen LogP contribution in [-0.4, -0.2) is 29.3 Å². The zero-order chi connectivity index (χ0) is 18.9. The number of nitrogens with zero attached hydrogens (tertiary/aromatic N) is 3. The molecule has 1 aromatic heterocycles. The summed E-state index contributed by atoms with van der Waals surface area (Å²) < 4.78 is 11.9. The molecule has 26 heavy (non-hydrogen) atoms. The van der Waals surface area contributed by atoms with Crippen LogP contribution in [0.3, 0.4) is 0 Å². The number of hydrogen-bond acceptors (Lipinski definition) is 7. The standard InChI is InChI=1S/C17H17BrN4O4/c1-3-7-26-16-9-14(18)12(8-15(16)25-4-2)10-20-21-17-6-5-13(11-19-17)22(23)24/h3,5-6,8-11H,1,4,7H2,2H3,(H,19,21)/b20-10+. The highest BCUT2D eigenvalue weighted by Crippen LogP contribution is 2.33. The number of hydrogen-bond donors (Lipinski definition) is 1. The van der Waals surface area contributed by atoms with Crippen molar-refractivity contribution in [2.45, 2.75) is 6.92 Å². The van der Waals surface area contributed by atoms with Gasteiger partial charge in [-0.25, -0.2) is 4.98 Å². The van der Waals surface area contributed by atoms with Gasteiger partial charge in [-0.15, -0.1) is 0 Å². The number of benzene rings is 1. The van der Waals surface area contributed by atoms with Crippen molar-refractivity contribution < 1.29 is 14.4 Å². The van der Waals surface area contributed by atoms with E-state index in [9.17, 15) is 10.1 Å². The van der Waals surface area contributed by atoms with Crippen LogP contribution in [0, 0.1) is 10.1 Å². The van der Waals surface area contributed by atoms with Gasteiger partial charge in [-0.1, -0.05) is 12.7 Å². The molecule has 0 saturated carbocycles. The Morgan fingerprint density at radius 3 is 2.77 bits per heavy atom. The molecule has 0 unspecified atom stereocenters. The zero-order valence-corrected chi connectivity index (χ0v) is 15.6. The fourth-order valence-electron chi connectivity index (χ4n) is 1.91. The summed E-state index contributed by atoms with van der Waals surface area (Å²) in [5.74, 6) is 1.58. The van der Waals surface area contributed by atoms with Gasteiger partial charge in [0.15, 0.2) is 11.5 Å². The summed E-state index contributed by atoms with van der Waals surface area (Å²) in [6.07, 6.45) is 4.39. The Bertz CT molecular complexity index is 809. The number of ether oxygens (including phenoxy) is 2. The summed E-state index contributed by atoms with van der Waals surface area (Å²) in [5, 5.41) is 14.7. The second kappa shape index (κ2) is 9.52. The van der Waals surface area contributed by atoms with Gasteiger partial charge in [0, 0.05) is 16.1 Å². The lowest BCUT2D eigenvalue weighted by Gasteiger charge is -2.12. The minimum Gasteiger partial charge on any atom is -0.490 e. The molecule has 0 fully saturated rings. The number of rotatable bonds is 9. The van der Waals surface area contributed by atoms with Gasteiger partial charge in [-0.3, -0.25) is 15.5 Å².